The van der Waals surface area contributed by atoms with Crippen LogP contribution in [0.15, 0.2) is 11.8 Å². The molecule has 2 N–H and O–H groups in total. The van der Waals surface area contributed by atoms with E-state index in [1.54, 1.807) is 0 Å². The molecule has 1 aliphatic carbocycles. The van der Waals surface area contributed by atoms with Gasteiger partial charge in [-0.2, -0.15) is 0 Å². The molecule has 1 atom stereocenters. The van der Waals surface area contributed by atoms with E-state index in [2.05, 4.69) is 11.0 Å². The summed E-state index contributed by atoms with van der Waals surface area (Å²) in [6.45, 7) is 1.93. The number of fused-ring (bicyclic) bond motifs is 1. The van der Waals surface area contributed by atoms with Gasteiger partial charge < -0.3 is 10.6 Å². The Morgan fingerprint density at radius 3 is 3.23 bits per heavy atom. The maximum atomic E-state index is 10.6. The number of allylic oxidation sites excluding steroid dienone is 2. The van der Waals surface area contributed by atoms with Gasteiger partial charge in [0.1, 0.15) is 0 Å². The Morgan fingerprint density at radius 2 is 2.46 bits per heavy atom. The van der Waals surface area contributed by atoms with Gasteiger partial charge in [-0.05, 0) is 19.3 Å². The van der Waals surface area contributed by atoms with E-state index in [1.165, 1.54) is 25.0 Å². The molecule has 1 amide bonds. The largest absolute Gasteiger partial charge is 0.374 e. The molecular formula is C10H16N2O. The number of hydrogen-bond acceptors (Lipinski definition) is 2. The van der Waals surface area contributed by atoms with E-state index in [0.717, 1.165) is 19.0 Å². The highest BCUT2D eigenvalue weighted by Gasteiger charge is 2.29. The first-order chi connectivity index (χ1) is 6.27. The average Bonchev–Trinajstić information content (AvgIpc) is 2.60. The maximum Gasteiger partial charge on any atom is 0.219 e. The van der Waals surface area contributed by atoms with Crippen molar-refractivity contribution < 1.29 is 4.79 Å². The van der Waals surface area contributed by atoms with Crippen molar-refractivity contribution in [2.75, 3.05) is 13.1 Å². The summed E-state index contributed by atoms with van der Waals surface area (Å²) >= 11 is 0. The SMILES string of the molecule is NC(=O)CCN1CCC2CCC=C21. The lowest BCUT2D eigenvalue weighted by atomic mass is 10.1. The molecule has 3 nitrogen and oxygen atoms in total. The third-order valence-electron chi connectivity index (χ3n) is 3.03. The van der Waals surface area contributed by atoms with Crippen molar-refractivity contribution in [2.24, 2.45) is 11.7 Å². The van der Waals surface area contributed by atoms with Crippen molar-refractivity contribution in [3.63, 3.8) is 0 Å². The van der Waals surface area contributed by atoms with E-state index < -0.39 is 0 Å². The summed E-state index contributed by atoms with van der Waals surface area (Å²) in [7, 11) is 0. The zero-order valence-electron chi connectivity index (χ0n) is 7.83. The molecule has 1 fully saturated rings. The first-order valence-electron chi connectivity index (χ1n) is 5.00. The zero-order chi connectivity index (χ0) is 9.26. The van der Waals surface area contributed by atoms with Crippen LogP contribution in [0.1, 0.15) is 25.7 Å². The standard InChI is InChI=1S/C10H16N2O/c11-10(13)5-7-12-6-4-8-2-1-3-9(8)12/h3,8H,1-2,4-7H2,(H2,11,13). The first-order valence-corrected chi connectivity index (χ1v) is 5.00. The van der Waals surface area contributed by atoms with Gasteiger partial charge in [0.05, 0.1) is 0 Å². The van der Waals surface area contributed by atoms with Crippen molar-refractivity contribution in [3.05, 3.63) is 11.8 Å². The van der Waals surface area contributed by atoms with E-state index in [-0.39, 0.29) is 5.91 Å². The Bertz CT molecular complexity index is 247. The molecule has 2 rings (SSSR count). The van der Waals surface area contributed by atoms with Crippen LogP contribution in [0.5, 0.6) is 0 Å². The van der Waals surface area contributed by atoms with E-state index in [1.807, 2.05) is 0 Å². The van der Waals surface area contributed by atoms with Crippen molar-refractivity contribution in [3.8, 4) is 0 Å². The fraction of sp³-hybridized carbons (Fsp3) is 0.700. The lowest BCUT2D eigenvalue weighted by molar-refractivity contribution is -0.118. The average molecular weight is 180 g/mol. The Balaban J connectivity index is 1.90. The number of likely N-dealkylation sites (tertiary alicyclic amines) is 1. The fourth-order valence-electron chi connectivity index (χ4n) is 2.35. The van der Waals surface area contributed by atoms with Crippen LogP contribution in [0.25, 0.3) is 0 Å². The number of primary amides is 1. The summed E-state index contributed by atoms with van der Waals surface area (Å²) in [5.41, 5.74) is 6.60. The van der Waals surface area contributed by atoms with Gasteiger partial charge in [-0.3, -0.25) is 4.79 Å². The second-order valence-corrected chi connectivity index (χ2v) is 3.90. The van der Waals surface area contributed by atoms with Crippen LogP contribution in [-0.2, 0) is 4.79 Å². The van der Waals surface area contributed by atoms with Gasteiger partial charge in [0, 0.05) is 31.1 Å². The van der Waals surface area contributed by atoms with E-state index >= 15 is 0 Å². The highest BCUT2D eigenvalue weighted by Crippen LogP contribution is 2.36. The van der Waals surface area contributed by atoms with Crippen LogP contribution in [-0.4, -0.2) is 23.9 Å². The molecule has 0 radical (unpaired) electrons. The monoisotopic (exact) mass is 180 g/mol. The predicted octanol–water partition coefficient (Wildman–Crippen LogP) is 0.861. The number of carbonyl (C=O) groups is 1. The molecule has 1 aliphatic heterocycles. The van der Waals surface area contributed by atoms with Gasteiger partial charge in [-0.25, -0.2) is 0 Å². The van der Waals surface area contributed by atoms with Gasteiger partial charge in [-0.1, -0.05) is 6.08 Å². The Hall–Kier alpha value is -0.990. The number of amides is 1. The summed E-state index contributed by atoms with van der Waals surface area (Å²) in [5.74, 6) is 0.593. The first kappa shape index (κ1) is 8.60. The minimum atomic E-state index is -0.193. The van der Waals surface area contributed by atoms with Crippen molar-refractivity contribution in [2.45, 2.75) is 25.7 Å². The summed E-state index contributed by atoms with van der Waals surface area (Å²) in [5, 5.41) is 0. The fourth-order valence-corrected chi connectivity index (χ4v) is 2.35. The van der Waals surface area contributed by atoms with Crippen LogP contribution in [0.2, 0.25) is 0 Å². The van der Waals surface area contributed by atoms with E-state index in [4.69, 9.17) is 5.73 Å². The molecule has 0 saturated carbocycles. The zero-order valence-corrected chi connectivity index (χ0v) is 7.83. The lowest BCUT2D eigenvalue weighted by Crippen LogP contribution is -2.24. The molecule has 0 bridgehead atoms. The molecule has 72 valence electrons. The quantitative estimate of drug-likeness (QED) is 0.700. The van der Waals surface area contributed by atoms with Crippen LogP contribution in [0.3, 0.4) is 0 Å². The van der Waals surface area contributed by atoms with Crippen LogP contribution in [0, 0.1) is 5.92 Å². The van der Waals surface area contributed by atoms with Crippen LogP contribution >= 0.6 is 0 Å². The highest BCUT2D eigenvalue weighted by molar-refractivity contribution is 5.73. The van der Waals surface area contributed by atoms with Gasteiger partial charge in [0.2, 0.25) is 5.91 Å². The Morgan fingerprint density at radius 1 is 1.62 bits per heavy atom. The summed E-state index contributed by atoms with van der Waals surface area (Å²) in [6.07, 6.45) is 6.60. The minimum Gasteiger partial charge on any atom is -0.374 e. The summed E-state index contributed by atoms with van der Waals surface area (Å²) in [4.78, 5) is 12.9. The van der Waals surface area contributed by atoms with E-state index in [0.29, 0.717) is 6.42 Å². The van der Waals surface area contributed by atoms with E-state index in [9.17, 15) is 4.79 Å². The Labute approximate surface area is 78.6 Å². The molecule has 1 saturated heterocycles. The molecule has 2 aliphatic rings. The smallest absolute Gasteiger partial charge is 0.219 e. The normalized spacial score (nSPS) is 26.0. The minimum absolute atomic E-state index is 0.193. The third-order valence-corrected chi connectivity index (χ3v) is 3.03. The molecule has 0 aromatic carbocycles. The molecule has 13 heavy (non-hydrogen) atoms. The van der Waals surface area contributed by atoms with Gasteiger partial charge >= 0.3 is 0 Å². The van der Waals surface area contributed by atoms with Crippen molar-refractivity contribution in [1.29, 1.82) is 0 Å². The molecule has 0 aromatic rings. The second-order valence-electron chi connectivity index (χ2n) is 3.90. The van der Waals surface area contributed by atoms with Gasteiger partial charge in [0.25, 0.3) is 0 Å². The van der Waals surface area contributed by atoms with Crippen molar-refractivity contribution >= 4 is 5.91 Å². The Kier molecular flexibility index (Phi) is 2.25. The molecule has 1 unspecified atom stereocenters. The topological polar surface area (TPSA) is 46.3 Å². The molecule has 0 spiro atoms. The summed E-state index contributed by atoms with van der Waals surface area (Å²) in [6, 6.07) is 0. The number of hydrogen-bond donors (Lipinski definition) is 1. The molecule has 0 aromatic heterocycles. The number of nitrogens with zero attached hydrogens (tertiary/aromatic N) is 1. The lowest BCUT2D eigenvalue weighted by Gasteiger charge is -2.18. The summed E-state index contributed by atoms with van der Waals surface area (Å²) < 4.78 is 0. The molecule has 3 heteroatoms. The van der Waals surface area contributed by atoms with Gasteiger partial charge in [-0.15, -0.1) is 0 Å². The maximum absolute atomic E-state index is 10.6. The predicted molar refractivity (Wildman–Crippen MR) is 50.8 cm³/mol. The number of rotatable bonds is 3. The number of carbonyl (C=O) groups excluding carboxylic acids is 1. The van der Waals surface area contributed by atoms with Crippen LogP contribution < -0.4 is 5.73 Å². The highest BCUT2D eigenvalue weighted by atomic mass is 16.1. The third kappa shape index (κ3) is 1.69. The molecular weight excluding hydrogens is 164 g/mol. The molecule has 1 heterocycles. The van der Waals surface area contributed by atoms with Crippen LogP contribution in [0.4, 0.5) is 0 Å². The number of nitrogens with two attached hydrogens (primary N) is 1. The van der Waals surface area contributed by atoms with Crippen molar-refractivity contribution in [1.82, 2.24) is 4.90 Å². The van der Waals surface area contributed by atoms with Gasteiger partial charge in [0.15, 0.2) is 0 Å². The second kappa shape index (κ2) is 3.40.